The fraction of sp³-hybridized carbons (Fsp3) is 0. The molecule has 9 aromatic heterocycles. The van der Waals surface area contributed by atoms with Gasteiger partial charge in [-0.3, -0.25) is 24.9 Å². The molecular formula is C125H89Be2N9O4Si+4. The molecule has 0 amide bonds. The van der Waals surface area contributed by atoms with Crippen LogP contribution in [0.1, 0.15) is 0 Å². The van der Waals surface area contributed by atoms with Gasteiger partial charge in [0.2, 0.25) is 22.1 Å². The first-order valence-electron chi connectivity index (χ1n) is 45.9. The summed E-state index contributed by atoms with van der Waals surface area (Å²) in [5.41, 5.74) is 22.1. The van der Waals surface area contributed by atoms with Crippen LogP contribution in [-0.2, 0) is 0 Å². The van der Waals surface area contributed by atoms with Gasteiger partial charge in [0.15, 0.2) is 32.9 Å². The first-order valence-corrected chi connectivity index (χ1v) is 47.9. The van der Waals surface area contributed by atoms with E-state index in [0.717, 1.165) is 131 Å². The number of aromatic amines is 4. The Bertz CT molecular complexity index is 7730. The fourth-order valence-corrected chi connectivity index (χ4v) is 23.0. The first kappa shape index (κ1) is 93.1. The van der Waals surface area contributed by atoms with Crippen molar-refractivity contribution >= 4 is 136 Å². The van der Waals surface area contributed by atoms with Crippen LogP contribution >= 0.6 is 0 Å². The van der Waals surface area contributed by atoms with E-state index in [-0.39, 0.29) is 43.2 Å². The summed E-state index contributed by atoms with van der Waals surface area (Å²) in [5, 5.41) is 63.8. The number of pyridine rings is 9. The maximum Gasteiger partial charge on any atom is 2.00 e. The largest absolute Gasteiger partial charge is 2.00 e. The zero-order valence-electron chi connectivity index (χ0n) is 76.9. The molecule has 0 aliphatic heterocycles. The van der Waals surface area contributed by atoms with Gasteiger partial charge in [0, 0.05) is 129 Å². The van der Waals surface area contributed by atoms with E-state index in [1.54, 1.807) is 67.1 Å². The predicted molar refractivity (Wildman–Crippen MR) is 570 cm³/mol. The molecule has 662 valence electrons. The average molecular weight is 1830 g/mol. The number of rotatable bonds is 12. The number of nitrogens with one attached hydrogen (secondary N) is 4. The minimum atomic E-state index is -2.58. The molecule has 25 aromatic rings. The van der Waals surface area contributed by atoms with Gasteiger partial charge in [-0.1, -0.05) is 332 Å². The molecule has 0 radical (unpaired) electrons. The molecule has 0 saturated heterocycles. The number of hydrogen-bond acceptors (Lipinski definition) is 9. The third kappa shape index (κ3) is 20.5. The summed E-state index contributed by atoms with van der Waals surface area (Å²) in [6.07, 6.45) is 26.0. The van der Waals surface area contributed by atoms with Crippen molar-refractivity contribution in [1.82, 2.24) is 24.9 Å². The average Bonchev–Trinajstić information content (AvgIpc) is 0.729. The molecule has 0 aliphatic rings. The molecule has 0 aliphatic carbocycles. The maximum absolute atomic E-state index is 11.8. The summed E-state index contributed by atoms with van der Waals surface area (Å²) in [4.78, 5) is 34.0. The predicted octanol–water partition coefficient (Wildman–Crippen LogP) is 21.8. The molecule has 141 heavy (non-hydrogen) atoms. The van der Waals surface area contributed by atoms with Crippen molar-refractivity contribution in [2.24, 2.45) is 0 Å². The molecule has 0 spiro atoms. The zero-order valence-corrected chi connectivity index (χ0v) is 77.9. The summed E-state index contributed by atoms with van der Waals surface area (Å²) in [7, 11) is -2.58. The van der Waals surface area contributed by atoms with Crippen LogP contribution in [0.15, 0.2) is 517 Å². The second-order valence-corrected chi connectivity index (χ2v) is 37.4. The quantitative estimate of drug-likeness (QED) is 0.0645. The van der Waals surface area contributed by atoms with Crippen LogP contribution in [-0.4, -0.2) is 53.2 Å². The van der Waals surface area contributed by atoms with Gasteiger partial charge >= 0.3 is 20.2 Å². The molecule has 13 nitrogen and oxygen atoms in total. The van der Waals surface area contributed by atoms with Crippen molar-refractivity contribution in [3.8, 4) is 112 Å². The van der Waals surface area contributed by atoms with Crippen molar-refractivity contribution in [2.45, 2.75) is 0 Å². The van der Waals surface area contributed by atoms with Crippen molar-refractivity contribution in [3.63, 3.8) is 0 Å². The van der Waals surface area contributed by atoms with Crippen LogP contribution in [0.4, 0.5) is 0 Å². The van der Waals surface area contributed by atoms with Gasteiger partial charge in [0.25, 0.3) is 0 Å². The van der Waals surface area contributed by atoms with E-state index in [9.17, 15) is 20.4 Å². The van der Waals surface area contributed by atoms with Crippen LogP contribution in [0.25, 0.3) is 176 Å². The molecule has 9 heterocycles. The van der Waals surface area contributed by atoms with Gasteiger partial charge in [0.1, 0.15) is 0 Å². The Morgan fingerprint density at radius 2 is 0.362 bits per heavy atom. The molecule has 16 aromatic carbocycles. The second kappa shape index (κ2) is 43.6. The van der Waals surface area contributed by atoms with E-state index in [1.165, 1.54) is 65.3 Å². The standard InChI is InChI=1S/C39H27N3.C34H26N2Si.4C13H9NO.2Be/c1-4-34(25-40-19-1)28-7-13-31(14-8-28)37-22-38(32-15-9-29(10-16-32)35-5-2-20-41-26-35)24-39(23-37)33-17-11-30(12-18-33)36-6-3-21-42-27-36;1-3-11-31(12-4-1)37(32-13-5-2-6-14-32,33-19-15-27(16-20-33)29-9-7-23-35-25-29)34-21-17-28(18-22-34)30-10-8-24-36-26-30;4*15-11-5-1-3-9-6-7-10-4-2-8-14-13(10)12(9)11;;/h1-27H;1-26H;4*1-8,15H;;/q;;;;;;2*+2. The fourth-order valence-electron chi connectivity index (χ4n) is 18.3. The molecule has 0 saturated carbocycles. The Hall–Kier alpha value is -18.3. The van der Waals surface area contributed by atoms with E-state index >= 15 is 0 Å². The molecular weight excluding hydrogens is 1740 g/mol. The van der Waals surface area contributed by atoms with E-state index in [2.05, 4.69) is 275 Å². The summed E-state index contributed by atoms with van der Waals surface area (Å²) >= 11 is 0. The maximum atomic E-state index is 11.8. The van der Waals surface area contributed by atoms with Crippen LogP contribution in [0.3, 0.4) is 0 Å². The van der Waals surface area contributed by atoms with Gasteiger partial charge in [0.05, 0.1) is 0 Å². The molecule has 0 fully saturated rings. The smallest absolute Gasteiger partial charge is 0.872 e. The first-order chi connectivity index (χ1) is 68.6. The number of fused-ring (bicyclic) bond motifs is 12. The Balaban J connectivity index is 0.000000119. The summed E-state index contributed by atoms with van der Waals surface area (Å²) in [6, 6.07) is 147. The SMILES string of the molecule is [Be+2].[Be+2].[O-]c1cccc2ccc3ccc[nH+]c3c12.[O-]c1cccc2ccc3ccc[nH+]c3c12.[O-]c1cccc2ccc3ccc[nH+]c3c12.[O-]c1cccc2ccc3ccc[nH+]c3c12.c1ccc([Si](c2ccccc2)(c2ccc(-c3cccnc3)cc2)c2ccc(-c3cccnc3)cc2)cc1.c1cncc(-c2ccc(-c3cc(-c4ccc(-c5cccnc5)cc4)cc(-c4ccc(-c5cccnc5)cc4)c3)cc2)c1. The number of hydrogen-bond donors (Lipinski definition) is 0. The molecule has 0 bridgehead atoms. The van der Waals surface area contributed by atoms with E-state index in [4.69, 9.17) is 0 Å². The minimum absolute atomic E-state index is 0. The molecule has 4 N–H and O–H groups in total. The second-order valence-electron chi connectivity index (χ2n) is 33.6. The van der Waals surface area contributed by atoms with E-state index in [1.807, 2.05) is 220 Å². The van der Waals surface area contributed by atoms with Gasteiger partial charge in [-0.15, -0.1) is 0 Å². The van der Waals surface area contributed by atoms with Crippen molar-refractivity contribution in [2.75, 3.05) is 0 Å². The summed E-state index contributed by atoms with van der Waals surface area (Å²) in [5.74, 6) is 0.280. The normalized spacial score (nSPS) is 10.8. The van der Waals surface area contributed by atoms with Crippen molar-refractivity contribution in [1.29, 1.82) is 0 Å². The Morgan fingerprint density at radius 1 is 0.163 bits per heavy atom. The van der Waals surface area contributed by atoms with Crippen LogP contribution < -0.4 is 61.1 Å². The van der Waals surface area contributed by atoms with Gasteiger partial charge in [-0.25, -0.2) is 19.9 Å². The Kier molecular flexibility index (Phi) is 28.8. The number of nitrogens with zero attached hydrogens (tertiary/aromatic N) is 5. The monoisotopic (exact) mass is 1830 g/mol. The topological polar surface area (TPSA) is 213 Å². The van der Waals surface area contributed by atoms with Crippen molar-refractivity contribution in [3.05, 3.63) is 517 Å². The summed E-state index contributed by atoms with van der Waals surface area (Å²) in [6.45, 7) is 0. The third-order valence-corrected chi connectivity index (χ3v) is 30.0. The number of H-pyrrole nitrogens is 4. The Labute approximate surface area is 824 Å². The zero-order chi connectivity index (χ0) is 94.1. The van der Waals surface area contributed by atoms with E-state index < -0.39 is 8.07 Å². The molecule has 0 unspecified atom stereocenters. The molecule has 25 rings (SSSR count). The van der Waals surface area contributed by atoms with Gasteiger partial charge in [-0.05, 0) is 228 Å². The summed E-state index contributed by atoms with van der Waals surface area (Å²) < 4.78 is 0. The number of benzene rings is 16. The number of aromatic nitrogens is 9. The Morgan fingerprint density at radius 3 is 0.582 bits per heavy atom. The van der Waals surface area contributed by atoms with Crippen LogP contribution in [0.2, 0.25) is 0 Å². The van der Waals surface area contributed by atoms with Crippen LogP contribution in [0.5, 0.6) is 23.0 Å². The van der Waals surface area contributed by atoms with Crippen molar-refractivity contribution < 1.29 is 40.4 Å². The van der Waals surface area contributed by atoms with Crippen LogP contribution in [0, 0.1) is 0 Å². The molecule has 0 atom stereocenters. The van der Waals surface area contributed by atoms with Gasteiger partial charge < -0.3 is 20.4 Å². The molecule has 16 heteroatoms. The minimum Gasteiger partial charge on any atom is -0.872 e. The van der Waals surface area contributed by atoms with E-state index in [0.29, 0.717) is 0 Å². The third-order valence-electron chi connectivity index (χ3n) is 25.2. The van der Waals surface area contributed by atoms with Gasteiger partial charge in [-0.2, -0.15) is 0 Å².